The number of rotatable bonds is 5. The standard InChI is InChI=1S/C18H23F3N4O/c1-13(26)17-12-25(23-22-17)10-14-6-8-24(9-7-14)11-15-4-2-3-5-16(15)18(19,20)21/h2-5,12-14,26H,6-11H2,1H3. The first-order valence-electron chi connectivity index (χ1n) is 8.78. The Morgan fingerprint density at radius 2 is 1.92 bits per heavy atom. The molecule has 0 radical (unpaired) electrons. The minimum Gasteiger partial charge on any atom is -0.387 e. The van der Waals surface area contributed by atoms with Crippen LogP contribution in [0.1, 0.15) is 42.7 Å². The van der Waals surface area contributed by atoms with Gasteiger partial charge in [-0.2, -0.15) is 13.2 Å². The highest BCUT2D eigenvalue weighted by atomic mass is 19.4. The van der Waals surface area contributed by atoms with Gasteiger partial charge in [0.05, 0.1) is 17.9 Å². The first kappa shape index (κ1) is 18.8. The summed E-state index contributed by atoms with van der Waals surface area (Å²) in [4.78, 5) is 2.07. The third-order valence-corrected chi connectivity index (χ3v) is 4.85. The Morgan fingerprint density at radius 3 is 2.54 bits per heavy atom. The van der Waals surface area contributed by atoms with Gasteiger partial charge in [-0.3, -0.25) is 9.58 Å². The predicted molar refractivity (Wildman–Crippen MR) is 90.1 cm³/mol. The van der Waals surface area contributed by atoms with Crippen LogP contribution >= 0.6 is 0 Å². The third-order valence-electron chi connectivity index (χ3n) is 4.85. The highest BCUT2D eigenvalue weighted by Gasteiger charge is 2.33. The zero-order chi connectivity index (χ0) is 18.7. The van der Waals surface area contributed by atoms with E-state index in [1.807, 2.05) is 0 Å². The monoisotopic (exact) mass is 368 g/mol. The van der Waals surface area contributed by atoms with Crippen molar-refractivity contribution in [3.05, 3.63) is 47.3 Å². The number of aliphatic hydroxyl groups is 1. The van der Waals surface area contributed by atoms with E-state index < -0.39 is 17.8 Å². The minimum atomic E-state index is -4.32. The van der Waals surface area contributed by atoms with Crippen molar-refractivity contribution >= 4 is 0 Å². The van der Waals surface area contributed by atoms with E-state index in [1.54, 1.807) is 29.9 Å². The van der Waals surface area contributed by atoms with Crippen LogP contribution in [0.2, 0.25) is 0 Å². The van der Waals surface area contributed by atoms with E-state index in [0.29, 0.717) is 30.3 Å². The van der Waals surface area contributed by atoms with Crippen molar-refractivity contribution in [3.63, 3.8) is 0 Å². The van der Waals surface area contributed by atoms with Crippen LogP contribution in [0, 0.1) is 5.92 Å². The number of nitrogens with zero attached hydrogens (tertiary/aromatic N) is 4. The molecule has 3 rings (SSSR count). The van der Waals surface area contributed by atoms with Crippen LogP contribution in [0.3, 0.4) is 0 Å². The van der Waals surface area contributed by atoms with Gasteiger partial charge in [0, 0.05) is 13.1 Å². The summed E-state index contributed by atoms with van der Waals surface area (Å²) in [6.45, 7) is 4.19. The molecule has 0 bridgehead atoms. The SMILES string of the molecule is CC(O)c1cn(CC2CCN(Cc3ccccc3C(F)(F)F)CC2)nn1. The number of hydrogen-bond acceptors (Lipinski definition) is 4. The maximum absolute atomic E-state index is 13.1. The van der Waals surface area contributed by atoms with Gasteiger partial charge in [0.2, 0.25) is 0 Å². The first-order chi connectivity index (χ1) is 12.3. The van der Waals surface area contributed by atoms with Gasteiger partial charge in [0.15, 0.2) is 0 Å². The fourth-order valence-corrected chi connectivity index (χ4v) is 3.36. The van der Waals surface area contributed by atoms with E-state index in [0.717, 1.165) is 32.0 Å². The van der Waals surface area contributed by atoms with Crippen molar-refractivity contribution in [1.82, 2.24) is 19.9 Å². The highest BCUT2D eigenvalue weighted by molar-refractivity contribution is 5.29. The molecule has 1 aliphatic heterocycles. The average Bonchev–Trinajstić information content (AvgIpc) is 3.05. The highest BCUT2D eigenvalue weighted by Crippen LogP contribution is 2.33. The summed E-state index contributed by atoms with van der Waals surface area (Å²) in [6.07, 6.45) is -1.41. The second-order valence-corrected chi connectivity index (χ2v) is 6.92. The number of alkyl halides is 3. The fraction of sp³-hybridized carbons (Fsp3) is 0.556. The first-order valence-corrected chi connectivity index (χ1v) is 8.78. The lowest BCUT2D eigenvalue weighted by Gasteiger charge is -2.32. The van der Waals surface area contributed by atoms with Crippen LogP contribution in [0.4, 0.5) is 13.2 Å². The lowest BCUT2D eigenvalue weighted by Crippen LogP contribution is -2.35. The van der Waals surface area contributed by atoms with Crippen LogP contribution in [-0.4, -0.2) is 38.1 Å². The number of hydrogen-bond donors (Lipinski definition) is 1. The van der Waals surface area contributed by atoms with Gasteiger partial charge >= 0.3 is 6.18 Å². The van der Waals surface area contributed by atoms with E-state index in [9.17, 15) is 18.3 Å². The second kappa shape index (κ2) is 7.75. The molecule has 1 fully saturated rings. The van der Waals surface area contributed by atoms with Crippen molar-refractivity contribution < 1.29 is 18.3 Å². The molecule has 1 aromatic carbocycles. The number of halogens is 3. The van der Waals surface area contributed by atoms with Gasteiger partial charge in [-0.15, -0.1) is 5.10 Å². The molecule has 2 aromatic rings. The Balaban J connectivity index is 1.54. The van der Waals surface area contributed by atoms with Gasteiger partial charge in [0.25, 0.3) is 0 Å². The molecule has 1 unspecified atom stereocenters. The van der Waals surface area contributed by atoms with Crippen LogP contribution in [-0.2, 0) is 19.3 Å². The summed E-state index contributed by atoms with van der Waals surface area (Å²) in [5, 5.41) is 17.5. The van der Waals surface area contributed by atoms with Crippen molar-refractivity contribution in [1.29, 1.82) is 0 Å². The maximum atomic E-state index is 13.1. The van der Waals surface area contributed by atoms with Crippen LogP contribution in [0.25, 0.3) is 0 Å². The molecule has 1 atom stereocenters. The quantitative estimate of drug-likeness (QED) is 0.880. The van der Waals surface area contributed by atoms with Crippen molar-refractivity contribution in [2.24, 2.45) is 5.92 Å². The number of aromatic nitrogens is 3. The Morgan fingerprint density at radius 1 is 1.23 bits per heavy atom. The molecule has 1 saturated heterocycles. The maximum Gasteiger partial charge on any atom is 0.416 e. The lowest BCUT2D eigenvalue weighted by molar-refractivity contribution is -0.138. The molecular weight excluding hydrogens is 345 g/mol. The molecule has 1 aromatic heterocycles. The van der Waals surface area contributed by atoms with Crippen molar-refractivity contribution in [2.75, 3.05) is 13.1 Å². The predicted octanol–water partition coefficient (Wildman–Crippen LogP) is 3.26. The molecular formula is C18H23F3N4O. The van der Waals surface area contributed by atoms with E-state index in [2.05, 4.69) is 15.2 Å². The van der Waals surface area contributed by atoms with Gasteiger partial charge < -0.3 is 5.11 Å². The topological polar surface area (TPSA) is 54.2 Å². The van der Waals surface area contributed by atoms with E-state index in [4.69, 9.17) is 0 Å². The van der Waals surface area contributed by atoms with Crippen LogP contribution < -0.4 is 0 Å². The number of benzene rings is 1. The smallest absolute Gasteiger partial charge is 0.387 e. The third kappa shape index (κ3) is 4.62. The summed E-state index contributed by atoms with van der Waals surface area (Å²) < 4.78 is 41.1. The average molecular weight is 368 g/mol. The van der Waals surface area contributed by atoms with E-state index >= 15 is 0 Å². The molecule has 2 heterocycles. The number of likely N-dealkylation sites (tertiary alicyclic amines) is 1. The second-order valence-electron chi connectivity index (χ2n) is 6.92. The minimum absolute atomic E-state index is 0.317. The molecule has 26 heavy (non-hydrogen) atoms. The number of aliphatic hydroxyl groups excluding tert-OH is 1. The lowest BCUT2D eigenvalue weighted by atomic mass is 9.96. The molecule has 0 spiro atoms. The molecule has 8 heteroatoms. The van der Waals surface area contributed by atoms with Crippen molar-refractivity contribution in [3.8, 4) is 0 Å². The summed E-state index contributed by atoms with van der Waals surface area (Å²) >= 11 is 0. The van der Waals surface area contributed by atoms with Crippen molar-refractivity contribution in [2.45, 2.75) is 45.1 Å². The largest absolute Gasteiger partial charge is 0.416 e. The molecule has 142 valence electrons. The Labute approximate surface area is 150 Å². The Hall–Kier alpha value is -1.93. The zero-order valence-electron chi connectivity index (χ0n) is 14.7. The van der Waals surface area contributed by atoms with Gasteiger partial charge in [-0.1, -0.05) is 23.4 Å². The Kier molecular flexibility index (Phi) is 5.62. The van der Waals surface area contributed by atoms with Gasteiger partial charge in [-0.05, 0) is 50.4 Å². The molecule has 0 saturated carbocycles. The fourth-order valence-electron chi connectivity index (χ4n) is 3.36. The summed E-state index contributed by atoms with van der Waals surface area (Å²) in [5.41, 5.74) is 0.331. The molecule has 1 N–H and O–H groups in total. The zero-order valence-corrected chi connectivity index (χ0v) is 14.7. The van der Waals surface area contributed by atoms with E-state index in [-0.39, 0.29) is 0 Å². The van der Waals surface area contributed by atoms with E-state index in [1.165, 1.54) is 6.07 Å². The summed E-state index contributed by atoms with van der Waals surface area (Å²) in [5.74, 6) is 0.410. The summed E-state index contributed by atoms with van der Waals surface area (Å²) in [7, 11) is 0. The molecule has 0 aliphatic carbocycles. The van der Waals surface area contributed by atoms with Crippen LogP contribution in [0.15, 0.2) is 30.5 Å². The van der Waals surface area contributed by atoms with Gasteiger partial charge in [0.1, 0.15) is 5.69 Å². The van der Waals surface area contributed by atoms with Gasteiger partial charge in [-0.25, -0.2) is 0 Å². The number of piperidine rings is 1. The van der Waals surface area contributed by atoms with Crippen LogP contribution in [0.5, 0.6) is 0 Å². The summed E-state index contributed by atoms with van der Waals surface area (Å²) in [6, 6.07) is 5.79. The Bertz CT molecular complexity index is 721. The molecule has 5 nitrogen and oxygen atoms in total. The molecule has 0 amide bonds. The normalized spacial score (nSPS) is 18.2. The molecule has 1 aliphatic rings.